The summed E-state index contributed by atoms with van der Waals surface area (Å²) in [6.45, 7) is 5.36. The second kappa shape index (κ2) is 3.20. The van der Waals surface area contributed by atoms with Crippen molar-refractivity contribution in [3.8, 4) is 0 Å². The minimum absolute atomic E-state index is 0.908. The van der Waals surface area contributed by atoms with Crippen molar-refractivity contribution < 1.29 is 0 Å². The predicted octanol–water partition coefficient (Wildman–Crippen LogP) is 1.29. The van der Waals surface area contributed by atoms with E-state index in [4.69, 9.17) is 11.5 Å². The number of anilines is 2. The first-order chi connectivity index (χ1) is 6.22. The maximum Gasteiger partial charge on any atom is 0.0926 e. The molecule has 0 unspecified atom stereocenters. The normalized spacial score (nSPS) is 17.3. The molecule has 13 heavy (non-hydrogen) atoms. The number of nitrogens with zero attached hydrogens (tertiary/aromatic N) is 1. The molecular weight excluding hydrogens is 182 g/mol. The van der Waals surface area contributed by atoms with Crippen LogP contribution in [0.3, 0.4) is 0 Å². The molecular formula is C9H15N3S. The lowest BCUT2D eigenvalue weighted by Gasteiger charge is -2.25. The van der Waals surface area contributed by atoms with Crippen LogP contribution in [0, 0.1) is 0 Å². The SMILES string of the molecule is CCN1CCc2c(N)sc(N)c2C1. The van der Waals surface area contributed by atoms with Gasteiger partial charge in [0, 0.05) is 18.7 Å². The van der Waals surface area contributed by atoms with Gasteiger partial charge in [-0.2, -0.15) is 0 Å². The van der Waals surface area contributed by atoms with Gasteiger partial charge in [-0.3, -0.25) is 4.90 Å². The highest BCUT2D eigenvalue weighted by atomic mass is 32.1. The lowest BCUT2D eigenvalue weighted by atomic mass is 10.0. The van der Waals surface area contributed by atoms with Crippen LogP contribution in [0.5, 0.6) is 0 Å². The Morgan fingerprint density at radius 3 is 2.69 bits per heavy atom. The maximum absolute atomic E-state index is 5.89. The zero-order chi connectivity index (χ0) is 9.42. The Balaban J connectivity index is 2.33. The van der Waals surface area contributed by atoms with Crippen molar-refractivity contribution in [3.05, 3.63) is 11.1 Å². The summed E-state index contributed by atoms with van der Waals surface area (Å²) < 4.78 is 0. The van der Waals surface area contributed by atoms with Crippen molar-refractivity contribution >= 4 is 21.3 Å². The molecule has 4 N–H and O–H groups in total. The molecule has 0 bridgehead atoms. The second-order valence-electron chi connectivity index (χ2n) is 3.41. The number of nitrogens with two attached hydrogens (primary N) is 2. The summed E-state index contributed by atoms with van der Waals surface area (Å²) in [7, 11) is 0. The van der Waals surface area contributed by atoms with E-state index in [1.807, 2.05) is 0 Å². The molecule has 2 heterocycles. The van der Waals surface area contributed by atoms with Crippen LogP contribution in [0.2, 0.25) is 0 Å². The average molecular weight is 197 g/mol. The molecule has 0 fully saturated rings. The van der Waals surface area contributed by atoms with Crippen molar-refractivity contribution in [2.24, 2.45) is 0 Å². The Bertz CT molecular complexity index is 319. The number of fused-ring (bicyclic) bond motifs is 1. The average Bonchev–Trinajstić information content (AvgIpc) is 2.42. The minimum Gasteiger partial charge on any atom is -0.390 e. The van der Waals surface area contributed by atoms with Crippen LogP contribution < -0.4 is 11.5 Å². The van der Waals surface area contributed by atoms with Gasteiger partial charge < -0.3 is 11.5 Å². The topological polar surface area (TPSA) is 55.3 Å². The molecule has 1 aromatic heterocycles. The Labute approximate surface area is 82.3 Å². The molecule has 72 valence electrons. The maximum atomic E-state index is 5.89. The van der Waals surface area contributed by atoms with E-state index in [2.05, 4.69) is 11.8 Å². The third-order valence-corrected chi connectivity index (χ3v) is 3.62. The van der Waals surface area contributed by atoms with Gasteiger partial charge in [-0.05, 0) is 18.5 Å². The smallest absolute Gasteiger partial charge is 0.0926 e. The fourth-order valence-corrected chi connectivity index (χ4v) is 2.73. The van der Waals surface area contributed by atoms with Crippen LogP contribution in [-0.2, 0) is 13.0 Å². The highest BCUT2D eigenvalue weighted by molar-refractivity contribution is 7.20. The largest absolute Gasteiger partial charge is 0.390 e. The summed E-state index contributed by atoms with van der Waals surface area (Å²) in [5, 5.41) is 1.83. The van der Waals surface area contributed by atoms with E-state index in [0.717, 1.165) is 36.1 Å². The third kappa shape index (κ3) is 1.40. The van der Waals surface area contributed by atoms with E-state index < -0.39 is 0 Å². The molecule has 0 aliphatic carbocycles. The minimum atomic E-state index is 0.908. The number of hydrogen-bond donors (Lipinski definition) is 2. The van der Waals surface area contributed by atoms with Crippen LogP contribution in [-0.4, -0.2) is 18.0 Å². The fourth-order valence-electron chi connectivity index (χ4n) is 1.83. The predicted molar refractivity (Wildman–Crippen MR) is 57.8 cm³/mol. The first-order valence-electron chi connectivity index (χ1n) is 4.60. The van der Waals surface area contributed by atoms with E-state index in [9.17, 15) is 0 Å². The van der Waals surface area contributed by atoms with Crippen LogP contribution in [0.1, 0.15) is 18.1 Å². The van der Waals surface area contributed by atoms with E-state index in [1.54, 1.807) is 0 Å². The highest BCUT2D eigenvalue weighted by Crippen LogP contribution is 2.36. The number of thiophene rings is 1. The molecule has 2 rings (SSSR count). The fraction of sp³-hybridized carbons (Fsp3) is 0.556. The lowest BCUT2D eigenvalue weighted by Crippen LogP contribution is -2.30. The van der Waals surface area contributed by atoms with Gasteiger partial charge in [-0.15, -0.1) is 11.3 Å². The zero-order valence-corrected chi connectivity index (χ0v) is 8.66. The molecule has 1 aliphatic heterocycles. The first kappa shape index (κ1) is 8.84. The van der Waals surface area contributed by atoms with E-state index in [-0.39, 0.29) is 0 Å². The molecule has 0 saturated carbocycles. The van der Waals surface area contributed by atoms with E-state index >= 15 is 0 Å². The van der Waals surface area contributed by atoms with Gasteiger partial charge >= 0.3 is 0 Å². The molecule has 0 radical (unpaired) electrons. The standard InChI is InChI=1S/C9H15N3S/c1-2-12-4-3-6-7(5-12)9(11)13-8(6)10/h2-5,10-11H2,1H3. The number of nitrogen functional groups attached to an aromatic ring is 2. The van der Waals surface area contributed by atoms with Crippen LogP contribution in [0.25, 0.3) is 0 Å². The van der Waals surface area contributed by atoms with Gasteiger partial charge in [-0.1, -0.05) is 6.92 Å². The molecule has 0 saturated heterocycles. The van der Waals surface area contributed by atoms with E-state index in [0.29, 0.717) is 0 Å². The molecule has 0 amide bonds. The Morgan fingerprint density at radius 2 is 2.00 bits per heavy atom. The van der Waals surface area contributed by atoms with Crippen molar-refractivity contribution in [3.63, 3.8) is 0 Å². The number of likely N-dealkylation sites (N-methyl/N-ethyl adjacent to an activating group) is 1. The van der Waals surface area contributed by atoms with Gasteiger partial charge in [0.25, 0.3) is 0 Å². The molecule has 1 aromatic rings. The summed E-state index contributed by atoms with van der Waals surface area (Å²) in [6.07, 6.45) is 1.06. The Morgan fingerprint density at radius 1 is 1.31 bits per heavy atom. The van der Waals surface area contributed by atoms with Crippen LogP contribution in [0.15, 0.2) is 0 Å². The van der Waals surface area contributed by atoms with Gasteiger partial charge in [-0.25, -0.2) is 0 Å². The van der Waals surface area contributed by atoms with Crippen LogP contribution >= 0.6 is 11.3 Å². The summed E-state index contributed by atoms with van der Waals surface area (Å²) in [4.78, 5) is 2.39. The number of hydrogen-bond acceptors (Lipinski definition) is 4. The lowest BCUT2D eigenvalue weighted by molar-refractivity contribution is 0.270. The first-order valence-corrected chi connectivity index (χ1v) is 5.41. The Kier molecular flexibility index (Phi) is 2.17. The van der Waals surface area contributed by atoms with Gasteiger partial charge in [0.2, 0.25) is 0 Å². The molecule has 0 spiro atoms. The van der Waals surface area contributed by atoms with Crippen LogP contribution in [0.4, 0.5) is 10.0 Å². The second-order valence-corrected chi connectivity index (χ2v) is 4.49. The molecule has 1 aliphatic rings. The molecule has 0 atom stereocenters. The number of rotatable bonds is 1. The van der Waals surface area contributed by atoms with Crippen molar-refractivity contribution in [1.29, 1.82) is 0 Å². The van der Waals surface area contributed by atoms with Crippen molar-refractivity contribution in [2.45, 2.75) is 19.9 Å². The molecule has 0 aromatic carbocycles. The van der Waals surface area contributed by atoms with E-state index in [1.165, 1.54) is 22.5 Å². The summed E-state index contributed by atoms with van der Waals surface area (Å²) >= 11 is 1.53. The summed E-state index contributed by atoms with van der Waals surface area (Å²) in [6, 6.07) is 0. The summed E-state index contributed by atoms with van der Waals surface area (Å²) in [5.74, 6) is 0. The molecule has 4 heteroatoms. The Hall–Kier alpha value is -0.740. The van der Waals surface area contributed by atoms with Gasteiger partial charge in [0.05, 0.1) is 10.0 Å². The third-order valence-electron chi connectivity index (χ3n) is 2.69. The van der Waals surface area contributed by atoms with Crippen molar-refractivity contribution in [1.82, 2.24) is 4.90 Å². The van der Waals surface area contributed by atoms with Gasteiger partial charge in [0.15, 0.2) is 0 Å². The molecule has 3 nitrogen and oxygen atoms in total. The summed E-state index contributed by atoms with van der Waals surface area (Å²) in [5.41, 5.74) is 14.3. The quantitative estimate of drug-likeness (QED) is 0.713. The van der Waals surface area contributed by atoms with Gasteiger partial charge in [0.1, 0.15) is 0 Å². The monoisotopic (exact) mass is 197 g/mol. The van der Waals surface area contributed by atoms with Crippen molar-refractivity contribution in [2.75, 3.05) is 24.6 Å². The highest BCUT2D eigenvalue weighted by Gasteiger charge is 2.21. The zero-order valence-electron chi connectivity index (χ0n) is 7.84.